The van der Waals surface area contributed by atoms with Crippen LogP contribution < -0.4 is 4.74 Å². The number of fused-ring (bicyclic) bond motifs is 1. The fourth-order valence-electron chi connectivity index (χ4n) is 4.48. The maximum absolute atomic E-state index is 12.9. The highest BCUT2D eigenvalue weighted by Crippen LogP contribution is 2.39. The van der Waals surface area contributed by atoms with Crippen molar-refractivity contribution in [1.82, 2.24) is 4.90 Å². The van der Waals surface area contributed by atoms with Crippen molar-refractivity contribution in [2.45, 2.75) is 33.0 Å². The Bertz CT molecular complexity index is 1420. The zero-order chi connectivity index (χ0) is 26.3. The molecule has 0 amide bonds. The summed E-state index contributed by atoms with van der Waals surface area (Å²) < 4.78 is 11.3. The number of carbonyl (C=O) groups excluding carboxylic acids is 1. The summed E-state index contributed by atoms with van der Waals surface area (Å²) in [6.45, 7) is 5.14. The number of nitrogens with zero attached hydrogens (tertiary/aromatic N) is 2. The Morgan fingerprint density at radius 1 is 1.05 bits per heavy atom. The first-order valence-electron chi connectivity index (χ1n) is 12.7. The molecule has 5 rings (SSSR count). The first-order valence-corrected chi connectivity index (χ1v) is 13.9. The summed E-state index contributed by atoms with van der Waals surface area (Å²) >= 11 is 7.80. The molecule has 4 aromatic rings. The van der Waals surface area contributed by atoms with Crippen molar-refractivity contribution in [2.24, 2.45) is 4.99 Å². The van der Waals surface area contributed by atoms with Gasteiger partial charge in [-0.05, 0) is 60.4 Å². The predicted octanol–water partition coefficient (Wildman–Crippen LogP) is 7.47. The topological polar surface area (TPSA) is 51.1 Å². The molecule has 0 saturated carbocycles. The number of thiophene rings is 1. The van der Waals surface area contributed by atoms with Crippen molar-refractivity contribution in [3.8, 4) is 5.75 Å². The van der Waals surface area contributed by atoms with Crippen molar-refractivity contribution in [2.75, 3.05) is 13.2 Å². The van der Waals surface area contributed by atoms with Crippen LogP contribution in [0.3, 0.4) is 0 Å². The van der Waals surface area contributed by atoms with Crippen LogP contribution in [0.25, 0.3) is 0 Å². The third kappa shape index (κ3) is 6.33. The zero-order valence-corrected chi connectivity index (χ0v) is 22.8. The number of rotatable bonds is 9. The lowest BCUT2D eigenvalue weighted by atomic mass is 10.0. The number of hydrogen-bond acceptors (Lipinski definition) is 6. The van der Waals surface area contributed by atoms with Gasteiger partial charge in [0.15, 0.2) is 0 Å². The van der Waals surface area contributed by atoms with E-state index in [0.717, 1.165) is 48.5 Å². The van der Waals surface area contributed by atoms with E-state index in [-0.39, 0.29) is 5.97 Å². The highest BCUT2D eigenvalue weighted by atomic mass is 35.5. The van der Waals surface area contributed by atoms with Crippen LogP contribution in [0.2, 0.25) is 5.02 Å². The number of carbonyl (C=O) groups is 1. The molecule has 0 aliphatic carbocycles. The van der Waals surface area contributed by atoms with E-state index in [9.17, 15) is 4.79 Å². The fraction of sp³-hybridized carbons (Fsp3) is 0.226. The van der Waals surface area contributed by atoms with Gasteiger partial charge in [0.05, 0.1) is 12.2 Å². The number of esters is 1. The van der Waals surface area contributed by atoms with Crippen LogP contribution in [0.15, 0.2) is 83.9 Å². The summed E-state index contributed by atoms with van der Waals surface area (Å²) in [7, 11) is 0. The van der Waals surface area contributed by atoms with E-state index in [2.05, 4.69) is 29.2 Å². The standard InChI is InChI=1S/C31H29ClN2O3S/c1-2-36-31(35)29-26-16-17-34(19-23-8-4-3-5-9-23)20-28(26)38-30(29)33-18-22-12-14-25(15-13-22)37-21-24-10-6-7-11-27(24)32/h3-15,18H,2,16-17,19-21H2,1H3. The third-order valence-corrected chi connectivity index (χ3v) is 7.90. The Morgan fingerprint density at radius 3 is 2.58 bits per heavy atom. The molecule has 7 heteroatoms. The van der Waals surface area contributed by atoms with Gasteiger partial charge in [0.25, 0.3) is 0 Å². The molecule has 0 N–H and O–H groups in total. The van der Waals surface area contributed by atoms with Crippen LogP contribution in [0.5, 0.6) is 5.75 Å². The lowest BCUT2D eigenvalue weighted by Crippen LogP contribution is -2.29. The number of ether oxygens (including phenoxy) is 2. The fourth-order valence-corrected chi connectivity index (χ4v) is 5.90. The van der Waals surface area contributed by atoms with Gasteiger partial charge in [-0.15, -0.1) is 11.3 Å². The van der Waals surface area contributed by atoms with Crippen molar-refractivity contribution in [3.05, 3.63) is 117 Å². The second-order valence-corrected chi connectivity index (χ2v) is 10.5. The highest BCUT2D eigenvalue weighted by Gasteiger charge is 2.28. The molecule has 5 nitrogen and oxygen atoms in total. The summed E-state index contributed by atoms with van der Waals surface area (Å²) in [5.74, 6) is 0.455. The number of hydrogen-bond donors (Lipinski definition) is 0. The van der Waals surface area contributed by atoms with E-state index in [1.54, 1.807) is 17.6 Å². The maximum Gasteiger partial charge on any atom is 0.341 e. The lowest BCUT2D eigenvalue weighted by Gasteiger charge is -2.27. The van der Waals surface area contributed by atoms with Gasteiger partial charge in [-0.1, -0.05) is 60.1 Å². The molecule has 194 valence electrons. The average molecular weight is 545 g/mol. The first kappa shape index (κ1) is 26.2. The van der Waals surface area contributed by atoms with Gasteiger partial charge < -0.3 is 9.47 Å². The monoisotopic (exact) mass is 544 g/mol. The van der Waals surface area contributed by atoms with E-state index in [1.807, 2.05) is 61.5 Å². The molecule has 0 bridgehead atoms. The zero-order valence-electron chi connectivity index (χ0n) is 21.2. The van der Waals surface area contributed by atoms with E-state index in [1.165, 1.54) is 10.4 Å². The molecule has 1 aliphatic heterocycles. The van der Waals surface area contributed by atoms with Gasteiger partial charge in [0, 0.05) is 41.3 Å². The van der Waals surface area contributed by atoms with Crippen molar-refractivity contribution < 1.29 is 14.3 Å². The quantitative estimate of drug-likeness (QED) is 0.162. The minimum absolute atomic E-state index is 0.294. The number of halogens is 1. The minimum atomic E-state index is -0.294. The molecule has 2 heterocycles. The number of benzene rings is 3. The van der Waals surface area contributed by atoms with Crippen LogP contribution in [0.4, 0.5) is 5.00 Å². The summed E-state index contributed by atoms with van der Waals surface area (Å²) in [5.41, 5.74) is 4.84. The molecule has 38 heavy (non-hydrogen) atoms. The number of aliphatic imine (C=N–C) groups is 1. The van der Waals surface area contributed by atoms with E-state index in [0.29, 0.717) is 28.8 Å². The van der Waals surface area contributed by atoms with Crippen LogP contribution in [0, 0.1) is 0 Å². The van der Waals surface area contributed by atoms with E-state index in [4.69, 9.17) is 26.1 Å². The molecule has 0 radical (unpaired) electrons. The largest absolute Gasteiger partial charge is 0.489 e. The molecular formula is C31H29ClN2O3S. The normalized spacial score (nSPS) is 13.4. The molecule has 3 aromatic carbocycles. The Balaban J connectivity index is 1.30. The van der Waals surface area contributed by atoms with Crippen molar-refractivity contribution in [3.63, 3.8) is 0 Å². The highest BCUT2D eigenvalue weighted by molar-refractivity contribution is 7.16. The van der Waals surface area contributed by atoms with Gasteiger partial charge in [0.2, 0.25) is 0 Å². The Labute approximate surface area is 232 Å². The molecule has 0 spiro atoms. The molecule has 0 atom stereocenters. The smallest absolute Gasteiger partial charge is 0.341 e. The molecule has 0 saturated heterocycles. The summed E-state index contributed by atoms with van der Waals surface area (Å²) in [6, 6.07) is 25.8. The van der Waals surface area contributed by atoms with Crippen molar-refractivity contribution in [1.29, 1.82) is 0 Å². The summed E-state index contributed by atoms with van der Waals surface area (Å²) in [6.07, 6.45) is 2.60. The SMILES string of the molecule is CCOC(=O)c1c(N=Cc2ccc(OCc3ccccc3Cl)cc2)sc2c1CCN(Cc1ccccc1)C2. The van der Waals surface area contributed by atoms with Gasteiger partial charge in [0.1, 0.15) is 17.4 Å². The predicted molar refractivity (Wildman–Crippen MR) is 154 cm³/mol. The second-order valence-electron chi connectivity index (χ2n) is 9.06. The Hall–Kier alpha value is -3.45. The average Bonchev–Trinajstić information content (AvgIpc) is 3.30. The second kappa shape index (κ2) is 12.4. The first-order chi connectivity index (χ1) is 18.6. The molecule has 1 aliphatic rings. The van der Waals surface area contributed by atoms with E-state index < -0.39 is 0 Å². The van der Waals surface area contributed by atoms with Crippen LogP contribution in [0.1, 0.15) is 44.4 Å². The van der Waals surface area contributed by atoms with Gasteiger partial charge in [-0.2, -0.15) is 0 Å². The maximum atomic E-state index is 12.9. The van der Waals surface area contributed by atoms with Crippen LogP contribution in [-0.2, 0) is 30.9 Å². The molecule has 1 aromatic heterocycles. The summed E-state index contributed by atoms with van der Waals surface area (Å²) in [4.78, 5) is 21.3. The van der Waals surface area contributed by atoms with Crippen LogP contribution >= 0.6 is 22.9 Å². The molecule has 0 fully saturated rings. The summed E-state index contributed by atoms with van der Waals surface area (Å²) in [5, 5.41) is 1.39. The van der Waals surface area contributed by atoms with Crippen molar-refractivity contribution >= 4 is 40.1 Å². The molecule has 0 unspecified atom stereocenters. The van der Waals surface area contributed by atoms with Gasteiger partial charge in [-0.3, -0.25) is 4.90 Å². The Kier molecular flexibility index (Phi) is 8.54. The third-order valence-electron chi connectivity index (χ3n) is 6.41. The lowest BCUT2D eigenvalue weighted by molar-refractivity contribution is 0.0526. The van der Waals surface area contributed by atoms with E-state index >= 15 is 0 Å². The molecular weight excluding hydrogens is 516 g/mol. The van der Waals surface area contributed by atoms with Crippen LogP contribution in [-0.4, -0.2) is 30.2 Å². The van der Waals surface area contributed by atoms with Gasteiger partial charge in [-0.25, -0.2) is 9.79 Å². The van der Waals surface area contributed by atoms with Gasteiger partial charge >= 0.3 is 5.97 Å². The Morgan fingerprint density at radius 2 is 1.82 bits per heavy atom. The minimum Gasteiger partial charge on any atom is -0.489 e.